The van der Waals surface area contributed by atoms with Crippen LogP contribution in [0.2, 0.25) is 0 Å². The Morgan fingerprint density at radius 1 is 1.25 bits per heavy atom. The molecule has 6 heteroatoms. The number of sulfone groups is 1. The average molecular weight is 293 g/mol. The highest BCUT2D eigenvalue weighted by Crippen LogP contribution is 2.09. The Morgan fingerprint density at radius 2 is 2.00 bits per heavy atom. The van der Waals surface area contributed by atoms with Crippen LogP contribution in [0.25, 0.3) is 5.69 Å². The van der Waals surface area contributed by atoms with E-state index in [4.69, 9.17) is 0 Å². The lowest BCUT2D eigenvalue weighted by molar-refractivity contribution is 0.594. The van der Waals surface area contributed by atoms with Gasteiger partial charge in [-0.05, 0) is 30.7 Å². The van der Waals surface area contributed by atoms with Crippen molar-refractivity contribution in [3.63, 3.8) is 0 Å². The fraction of sp³-hybridized carbons (Fsp3) is 0.357. The molecule has 1 heterocycles. The Kier molecular flexibility index (Phi) is 4.92. The first-order valence-corrected chi connectivity index (χ1v) is 8.56. The third-order valence-electron chi connectivity index (χ3n) is 2.94. The number of nitrogens with one attached hydrogen (secondary N) is 1. The van der Waals surface area contributed by atoms with Gasteiger partial charge in [-0.1, -0.05) is 12.1 Å². The second-order valence-corrected chi connectivity index (χ2v) is 7.06. The summed E-state index contributed by atoms with van der Waals surface area (Å²) in [6.45, 7) is 1.45. The van der Waals surface area contributed by atoms with Crippen molar-refractivity contribution in [1.29, 1.82) is 0 Å². The van der Waals surface area contributed by atoms with Gasteiger partial charge in [0.15, 0.2) is 0 Å². The quantitative estimate of drug-likeness (QED) is 0.784. The number of hydrogen-bond acceptors (Lipinski definition) is 4. The van der Waals surface area contributed by atoms with Gasteiger partial charge in [0, 0.05) is 30.9 Å². The zero-order valence-corrected chi connectivity index (χ0v) is 12.3. The lowest BCUT2D eigenvalue weighted by Gasteiger charge is -2.06. The van der Waals surface area contributed by atoms with Crippen LogP contribution in [0, 0.1) is 0 Å². The van der Waals surface area contributed by atoms with Crippen molar-refractivity contribution < 1.29 is 8.42 Å². The van der Waals surface area contributed by atoms with Crippen LogP contribution in [0.3, 0.4) is 0 Å². The molecule has 108 valence electrons. The van der Waals surface area contributed by atoms with E-state index in [2.05, 4.69) is 22.4 Å². The van der Waals surface area contributed by atoms with Crippen LogP contribution < -0.4 is 5.32 Å². The maximum Gasteiger partial charge on any atom is 0.147 e. The van der Waals surface area contributed by atoms with Crippen LogP contribution in [0.1, 0.15) is 12.0 Å². The number of hydrogen-bond donors (Lipinski definition) is 1. The number of rotatable bonds is 7. The van der Waals surface area contributed by atoms with E-state index >= 15 is 0 Å². The first-order valence-electron chi connectivity index (χ1n) is 6.50. The molecule has 2 aromatic rings. The van der Waals surface area contributed by atoms with E-state index in [-0.39, 0.29) is 5.75 Å². The average Bonchev–Trinajstić information content (AvgIpc) is 2.92. The summed E-state index contributed by atoms with van der Waals surface area (Å²) in [4.78, 5) is 4.01. The van der Waals surface area contributed by atoms with E-state index in [0.29, 0.717) is 13.0 Å². The van der Waals surface area contributed by atoms with Crippen LogP contribution in [0.5, 0.6) is 0 Å². The summed E-state index contributed by atoms with van der Waals surface area (Å²) in [6.07, 6.45) is 7.32. The van der Waals surface area contributed by atoms with E-state index in [1.54, 1.807) is 12.5 Å². The Bertz CT molecular complexity index is 619. The molecule has 0 unspecified atom stereocenters. The zero-order valence-electron chi connectivity index (χ0n) is 11.5. The summed E-state index contributed by atoms with van der Waals surface area (Å²) in [5.74, 6) is 0.236. The summed E-state index contributed by atoms with van der Waals surface area (Å²) >= 11 is 0. The first-order chi connectivity index (χ1) is 9.54. The van der Waals surface area contributed by atoms with E-state index in [0.717, 1.165) is 12.2 Å². The van der Waals surface area contributed by atoms with Crippen molar-refractivity contribution in [2.24, 2.45) is 0 Å². The molecule has 0 aliphatic heterocycles. The highest BCUT2D eigenvalue weighted by molar-refractivity contribution is 7.90. The minimum atomic E-state index is -2.85. The fourth-order valence-electron chi connectivity index (χ4n) is 1.89. The summed E-state index contributed by atoms with van der Waals surface area (Å²) in [7, 11) is -2.85. The molecule has 0 radical (unpaired) electrons. The van der Waals surface area contributed by atoms with Crippen LogP contribution >= 0.6 is 0 Å². The lowest BCUT2D eigenvalue weighted by Crippen LogP contribution is -2.17. The highest BCUT2D eigenvalue weighted by Gasteiger charge is 2.01. The number of nitrogens with zero attached hydrogens (tertiary/aromatic N) is 2. The van der Waals surface area contributed by atoms with E-state index in [1.807, 2.05) is 22.9 Å². The van der Waals surface area contributed by atoms with Crippen LogP contribution in [-0.2, 0) is 16.4 Å². The molecule has 0 amide bonds. The Balaban J connectivity index is 1.77. The molecule has 0 aliphatic carbocycles. The van der Waals surface area contributed by atoms with Crippen LogP contribution in [-0.4, -0.2) is 36.5 Å². The minimum absolute atomic E-state index is 0.236. The van der Waals surface area contributed by atoms with E-state index in [9.17, 15) is 8.42 Å². The zero-order chi connectivity index (χ0) is 14.4. The summed E-state index contributed by atoms with van der Waals surface area (Å²) in [5, 5.41) is 3.24. The van der Waals surface area contributed by atoms with Gasteiger partial charge in [-0.15, -0.1) is 0 Å². The third-order valence-corrected chi connectivity index (χ3v) is 3.97. The van der Waals surface area contributed by atoms with Crippen molar-refractivity contribution >= 4 is 9.84 Å². The van der Waals surface area contributed by atoms with Gasteiger partial charge in [0.25, 0.3) is 0 Å². The van der Waals surface area contributed by atoms with Gasteiger partial charge in [0.2, 0.25) is 0 Å². The van der Waals surface area contributed by atoms with Gasteiger partial charge in [-0.25, -0.2) is 13.4 Å². The molecule has 1 aromatic carbocycles. The van der Waals surface area contributed by atoms with Crippen molar-refractivity contribution in [1.82, 2.24) is 14.9 Å². The molecule has 0 aliphatic rings. The van der Waals surface area contributed by atoms with Crippen molar-refractivity contribution in [2.75, 3.05) is 18.6 Å². The molecule has 20 heavy (non-hydrogen) atoms. The second-order valence-electron chi connectivity index (χ2n) is 4.80. The molecule has 0 bridgehead atoms. The Morgan fingerprint density at radius 3 is 2.60 bits per heavy atom. The van der Waals surface area contributed by atoms with Gasteiger partial charge < -0.3 is 9.88 Å². The highest BCUT2D eigenvalue weighted by atomic mass is 32.2. The van der Waals surface area contributed by atoms with Crippen LogP contribution in [0.4, 0.5) is 0 Å². The van der Waals surface area contributed by atoms with Gasteiger partial charge in [-0.2, -0.15) is 0 Å². The number of aromatic nitrogens is 2. The molecular formula is C14H19N3O2S. The van der Waals surface area contributed by atoms with Gasteiger partial charge in [0.05, 0.1) is 12.1 Å². The third kappa shape index (κ3) is 4.79. The summed E-state index contributed by atoms with van der Waals surface area (Å²) < 4.78 is 23.9. The summed E-state index contributed by atoms with van der Waals surface area (Å²) in [6, 6.07) is 8.18. The standard InChI is InChI=1S/C14H19N3O2S/c1-20(18,19)10-2-7-15-11-13-3-5-14(6-4-13)17-9-8-16-12-17/h3-6,8-9,12,15H,2,7,10-11H2,1H3. The molecule has 2 rings (SSSR count). The maximum atomic E-state index is 11.0. The SMILES string of the molecule is CS(=O)(=O)CCCNCc1ccc(-n2ccnc2)cc1. The molecule has 1 aromatic heterocycles. The van der Waals surface area contributed by atoms with Crippen molar-refractivity contribution in [3.8, 4) is 5.69 Å². The Hall–Kier alpha value is -1.66. The number of imidazole rings is 1. The number of benzene rings is 1. The van der Waals surface area contributed by atoms with Crippen molar-refractivity contribution in [3.05, 3.63) is 48.5 Å². The molecule has 5 nitrogen and oxygen atoms in total. The first kappa shape index (κ1) is 14.7. The van der Waals surface area contributed by atoms with E-state index in [1.165, 1.54) is 11.8 Å². The molecular weight excluding hydrogens is 274 g/mol. The van der Waals surface area contributed by atoms with Gasteiger partial charge in [0.1, 0.15) is 9.84 Å². The predicted molar refractivity (Wildman–Crippen MR) is 79.6 cm³/mol. The van der Waals surface area contributed by atoms with Crippen LogP contribution in [0.15, 0.2) is 43.0 Å². The predicted octanol–water partition coefficient (Wildman–Crippen LogP) is 1.40. The normalized spacial score (nSPS) is 11.7. The molecule has 0 saturated heterocycles. The van der Waals surface area contributed by atoms with Gasteiger partial charge >= 0.3 is 0 Å². The largest absolute Gasteiger partial charge is 0.313 e. The lowest BCUT2D eigenvalue weighted by atomic mass is 10.2. The van der Waals surface area contributed by atoms with E-state index < -0.39 is 9.84 Å². The molecule has 0 spiro atoms. The smallest absolute Gasteiger partial charge is 0.147 e. The molecule has 0 fully saturated rings. The minimum Gasteiger partial charge on any atom is -0.313 e. The van der Waals surface area contributed by atoms with Crippen molar-refractivity contribution in [2.45, 2.75) is 13.0 Å². The monoisotopic (exact) mass is 293 g/mol. The molecule has 0 atom stereocenters. The molecule has 1 N–H and O–H groups in total. The topological polar surface area (TPSA) is 64.0 Å². The summed E-state index contributed by atoms with van der Waals surface area (Å²) in [5.41, 5.74) is 2.25. The molecule has 0 saturated carbocycles. The fourth-order valence-corrected chi connectivity index (χ4v) is 2.56. The van der Waals surface area contributed by atoms with Gasteiger partial charge in [-0.3, -0.25) is 0 Å². The Labute approximate surface area is 119 Å². The maximum absolute atomic E-state index is 11.0. The second kappa shape index (κ2) is 6.67.